The lowest BCUT2D eigenvalue weighted by molar-refractivity contribution is -0.129. The molecule has 1 N–H and O–H groups in total. The number of carbonyl (C=O) groups excluding carboxylic acids is 3. The Hall–Kier alpha value is -4.21. The van der Waals surface area contributed by atoms with Crippen LogP contribution in [0.2, 0.25) is 0 Å². The van der Waals surface area contributed by atoms with Crippen molar-refractivity contribution in [2.24, 2.45) is 0 Å². The molecule has 174 valence electrons. The minimum absolute atomic E-state index is 0.0312. The highest BCUT2D eigenvalue weighted by Gasteiger charge is 2.36. The van der Waals surface area contributed by atoms with Gasteiger partial charge in [0.1, 0.15) is 18.6 Å². The van der Waals surface area contributed by atoms with E-state index in [0.29, 0.717) is 42.3 Å². The standard InChI is InChI=1S/C24H24N6O4/c1-28(2)21(31)13-29-12-16-3-6-17(11-19(16)23(29)32)30-10-9-20(24(30)33)34-18-7-4-15(5-8-18)22-25-14-26-27-22/h3-8,11,14,20H,9-10,12-13H2,1-2H3,(H,25,26,27)/t20-/m1/s1. The molecule has 0 spiro atoms. The summed E-state index contributed by atoms with van der Waals surface area (Å²) in [6.07, 6.45) is 1.45. The number of benzene rings is 2. The lowest BCUT2D eigenvalue weighted by atomic mass is 10.1. The van der Waals surface area contributed by atoms with E-state index in [9.17, 15) is 14.4 Å². The fourth-order valence-electron chi connectivity index (χ4n) is 4.16. The topological polar surface area (TPSA) is 112 Å². The molecule has 0 bridgehead atoms. The monoisotopic (exact) mass is 460 g/mol. The van der Waals surface area contributed by atoms with Crippen molar-refractivity contribution in [1.29, 1.82) is 0 Å². The maximum absolute atomic E-state index is 13.1. The van der Waals surface area contributed by atoms with Crippen LogP contribution in [0.4, 0.5) is 5.69 Å². The molecule has 34 heavy (non-hydrogen) atoms. The summed E-state index contributed by atoms with van der Waals surface area (Å²) in [5, 5.41) is 6.73. The van der Waals surface area contributed by atoms with Gasteiger partial charge in [-0.2, -0.15) is 5.10 Å². The summed E-state index contributed by atoms with van der Waals surface area (Å²) < 4.78 is 5.95. The molecule has 3 aromatic rings. The van der Waals surface area contributed by atoms with Crippen LogP contribution in [0.3, 0.4) is 0 Å². The van der Waals surface area contributed by atoms with E-state index in [0.717, 1.165) is 11.1 Å². The average molecular weight is 460 g/mol. The van der Waals surface area contributed by atoms with Crippen molar-refractivity contribution >= 4 is 23.4 Å². The second-order valence-electron chi connectivity index (χ2n) is 8.52. The molecular weight excluding hydrogens is 436 g/mol. The number of fused-ring (bicyclic) bond motifs is 1. The number of nitrogens with zero attached hydrogens (tertiary/aromatic N) is 5. The summed E-state index contributed by atoms with van der Waals surface area (Å²) >= 11 is 0. The molecular formula is C24H24N6O4. The second kappa shape index (κ2) is 8.62. The van der Waals surface area contributed by atoms with Crippen molar-refractivity contribution in [3.05, 3.63) is 59.9 Å². The van der Waals surface area contributed by atoms with Crippen molar-refractivity contribution in [2.45, 2.75) is 19.1 Å². The van der Waals surface area contributed by atoms with Gasteiger partial charge in [-0.15, -0.1) is 0 Å². The molecule has 0 aliphatic carbocycles. The quantitative estimate of drug-likeness (QED) is 0.599. The molecule has 1 fully saturated rings. The Morgan fingerprint density at radius 3 is 2.68 bits per heavy atom. The van der Waals surface area contributed by atoms with E-state index in [-0.39, 0.29) is 24.3 Å². The summed E-state index contributed by atoms with van der Waals surface area (Å²) in [7, 11) is 3.33. The smallest absolute Gasteiger partial charge is 0.268 e. The summed E-state index contributed by atoms with van der Waals surface area (Å²) in [4.78, 5) is 46.7. The number of ether oxygens (including phenoxy) is 1. The number of amides is 3. The number of carbonyl (C=O) groups is 3. The first-order valence-corrected chi connectivity index (χ1v) is 11.0. The van der Waals surface area contributed by atoms with Crippen LogP contribution in [0.5, 0.6) is 5.75 Å². The molecule has 5 rings (SSSR count). The maximum atomic E-state index is 13.1. The molecule has 2 aliphatic rings. The first-order chi connectivity index (χ1) is 16.4. The van der Waals surface area contributed by atoms with Gasteiger partial charge in [0.05, 0.1) is 0 Å². The second-order valence-corrected chi connectivity index (χ2v) is 8.52. The Labute approximate surface area is 196 Å². The predicted octanol–water partition coefficient (Wildman–Crippen LogP) is 1.70. The molecule has 0 radical (unpaired) electrons. The lowest BCUT2D eigenvalue weighted by Gasteiger charge is -2.18. The lowest BCUT2D eigenvalue weighted by Crippen LogP contribution is -2.36. The van der Waals surface area contributed by atoms with Gasteiger partial charge in [0.2, 0.25) is 5.91 Å². The first kappa shape index (κ1) is 21.6. The number of H-pyrrole nitrogens is 1. The summed E-state index contributed by atoms with van der Waals surface area (Å²) in [5.41, 5.74) is 2.89. The van der Waals surface area contributed by atoms with Crippen molar-refractivity contribution < 1.29 is 19.1 Å². The van der Waals surface area contributed by atoms with Crippen LogP contribution < -0.4 is 9.64 Å². The molecule has 1 atom stereocenters. The van der Waals surface area contributed by atoms with E-state index in [2.05, 4.69) is 15.2 Å². The highest BCUT2D eigenvalue weighted by Crippen LogP contribution is 2.31. The zero-order chi connectivity index (χ0) is 23.8. The van der Waals surface area contributed by atoms with Crippen molar-refractivity contribution in [3.63, 3.8) is 0 Å². The van der Waals surface area contributed by atoms with Gasteiger partial charge in [-0.1, -0.05) is 6.07 Å². The summed E-state index contributed by atoms with van der Waals surface area (Å²) in [6, 6.07) is 12.7. The van der Waals surface area contributed by atoms with E-state index in [1.165, 1.54) is 16.1 Å². The number of rotatable bonds is 6. The van der Waals surface area contributed by atoms with E-state index < -0.39 is 6.10 Å². The highest BCUT2D eigenvalue weighted by molar-refractivity contribution is 6.03. The molecule has 10 nitrogen and oxygen atoms in total. The summed E-state index contributed by atoms with van der Waals surface area (Å²) in [5.74, 6) is 0.695. The number of nitrogens with one attached hydrogen (secondary N) is 1. The number of hydrogen-bond donors (Lipinski definition) is 1. The molecule has 2 aliphatic heterocycles. The van der Waals surface area contributed by atoms with Crippen molar-refractivity contribution in [2.75, 3.05) is 32.1 Å². The van der Waals surface area contributed by atoms with Gasteiger partial charge < -0.3 is 19.4 Å². The fourth-order valence-corrected chi connectivity index (χ4v) is 4.16. The number of aromatic nitrogens is 3. The Bertz CT molecular complexity index is 1240. The highest BCUT2D eigenvalue weighted by atomic mass is 16.5. The normalized spacial score (nSPS) is 17.3. The average Bonchev–Trinajstić information content (AvgIpc) is 3.56. The van der Waals surface area contributed by atoms with Crippen LogP contribution in [0.25, 0.3) is 11.4 Å². The predicted molar refractivity (Wildman–Crippen MR) is 123 cm³/mol. The van der Waals surface area contributed by atoms with Crippen LogP contribution in [0.1, 0.15) is 22.3 Å². The molecule has 1 saturated heterocycles. The number of likely N-dealkylation sites (N-methyl/N-ethyl adjacent to an activating group) is 1. The maximum Gasteiger partial charge on any atom is 0.268 e. The molecule has 3 heterocycles. The summed E-state index contributed by atoms with van der Waals surface area (Å²) in [6.45, 7) is 0.912. The van der Waals surface area contributed by atoms with Gasteiger partial charge in [-0.3, -0.25) is 19.5 Å². The zero-order valence-electron chi connectivity index (χ0n) is 18.9. The van der Waals surface area contributed by atoms with E-state index >= 15 is 0 Å². The first-order valence-electron chi connectivity index (χ1n) is 11.0. The largest absolute Gasteiger partial charge is 0.481 e. The Morgan fingerprint density at radius 1 is 1.18 bits per heavy atom. The molecule has 10 heteroatoms. The van der Waals surface area contributed by atoms with Crippen LogP contribution in [0, 0.1) is 0 Å². The molecule has 3 amide bonds. The Kier molecular flexibility index (Phi) is 5.48. The third-order valence-electron chi connectivity index (χ3n) is 6.07. The van der Waals surface area contributed by atoms with Gasteiger partial charge >= 0.3 is 0 Å². The van der Waals surface area contributed by atoms with Gasteiger partial charge in [0.15, 0.2) is 11.9 Å². The van der Waals surface area contributed by atoms with Gasteiger partial charge in [-0.25, -0.2) is 4.98 Å². The molecule has 0 unspecified atom stereocenters. The molecule has 1 aromatic heterocycles. The minimum atomic E-state index is -0.604. The van der Waals surface area contributed by atoms with Crippen LogP contribution in [-0.4, -0.2) is 76.0 Å². The Morgan fingerprint density at radius 2 is 1.97 bits per heavy atom. The molecule has 2 aromatic carbocycles. The molecule has 0 saturated carbocycles. The number of aromatic amines is 1. The zero-order valence-corrected chi connectivity index (χ0v) is 18.9. The minimum Gasteiger partial charge on any atom is -0.481 e. The van der Waals surface area contributed by atoms with E-state index in [4.69, 9.17) is 4.74 Å². The van der Waals surface area contributed by atoms with Gasteiger partial charge in [-0.05, 0) is 42.0 Å². The van der Waals surface area contributed by atoms with Crippen LogP contribution in [0.15, 0.2) is 48.8 Å². The fraction of sp³-hybridized carbons (Fsp3) is 0.292. The Balaban J connectivity index is 1.26. The van der Waals surface area contributed by atoms with Crippen LogP contribution in [-0.2, 0) is 16.1 Å². The number of hydrogen-bond acceptors (Lipinski definition) is 6. The third kappa shape index (κ3) is 3.98. The number of anilines is 1. The van der Waals surface area contributed by atoms with Gasteiger partial charge in [0.25, 0.3) is 11.8 Å². The van der Waals surface area contributed by atoms with Crippen molar-refractivity contribution in [3.8, 4) is 17.1 Å². The van der Waals surface area contributed by atoms with E-state index in [1.54, 1.807) is 37.2 Å². The van der Waals surface area contributed by atoms with Crippen molar-refractivity contribution in [1.82, 2.24) is 25.0 Å². The van der Waals surface area contributed by atoms with Gasteiger partial charge in [0, 0.05) is 50.4 Å². The van der Waals surface area contributed by atoms with Crippen LogP contribution >= 0.6 is 0 Å². The third-order valence-corrected chi connectivity index (χ3v) is 6.07. The van der Waals surface area contributed by atoms with E-state index in [1.807, 2.05) is 24.3 Å². The SMILES string of the molecule is CN(C)C(=O)CN1Cc2ccc(N3CC[C@@H](Oc4ccc(-c5nc[nH]n5)cc4)C3=O)cc2C1=O.